The van der Waals surface area contributed by atoms with Crippen LogP contribution in [0.5, 0.6) is 23.0 Å². The maximum Gasteiger partial charge on any atom is 0.278 e. The summed E-state index contributed by atoms with van der Waals surface area (Å²) in [6.45, 7) is 0.262. The zero-order chi connectivity index (χ0) is 24.9. The van der Waals surface area contributed by atoms with Crippen molar-refractivity contribution in [2.24, 2.45) is 0 Å². The number of nitrogens with one attached hydrogen (secondary N) is 1. The van der Waals surface area contributed by atoms with E-state index in [0.29, 0.717) is 39.3 Å². The molecule has 1 aliphatic rings. The van der Waals surface area contributed by atoms with Crippen molar-refractivity contribution in [1.29, 1.82) is 0 Å². The smallest absolute Gasteiger partial charge is 0.278 e. The maximum atomic E-state index is 13.8. The Bertz CT molecular complexity index is 1650. The highest BCUT2D eigenvalue weighted by atomic mass is 32.2. The summed E-state index contributed by atoms with van der Waals surface area (Å²) in [5, 5.41) is 3.60. The molecule has 1 N–H and O–H groups in total. The van der Waals surface area contributed by atoms with Gasteiger partial charge in [0, 0.05) is 43.3 Å². The third kappa shape index (κ3) is 3.81. The van der Waals surface area contributed by atoms with Gasteiger partial charge in [-0.05, 0) is 29.7 Å². The number of fused-ring (bicyclic) bond motifs is 6. The molecule has 3 aromatic carbocycles. The van der Waals surface area contributed by atoms with Gasteiger partial charge in [-0.25, -0.2) is 4.72 Å². The van der Waals surface area contributed by atoms with E-state index < -0.39 is 10.2 Å². The van der Waals surface area contributed by atoms with Crippen molar-refractivity contribution in [2.75, 3.05) is 41.7 Å². The van der Waals surface area contributed by atoms with Gasteiger partial charge in [-0.3, -0.25) is 4.79 Å². The molecule has 0 atom stereocenters. The van der Waals surface area contributed by atoms with Crippen LogP contribution in [0.2, 0.25) is 0 Å². The van der Waals surface area contributed by atoms with Crippen LogP contribution in [-0.4, -0.2) is 58.9 Å². The summed E-state index contributed by atoms with van der Waals surface area (Å²) in [5.41, 5.74) is 0.386. The zero-order valence-electron chi connectivity index (χ0n) is 19.7. The molecular formula is C24H25N3O7S. The van der Waals surface area contributed by atoms with Crippen LogP contribution in [0.25, 0.3) is 32.4 Å². The van der Waals surface area contributed by atoms with Gasteiger partial charge in [0.25, 0.3) is 15.8 Å². The normalized spacial score (nSPS) is 13.3. The van der Waals surface area contributed by atoms with E-state index in [1.165, 1.54) is 21.2 Å². The van der Waals surface area contributed by atoms with Gasteiger partial charge in [-0.2, -0.15) is 12.7 Å². The number of methoxy groups -OCH3 is 2. The van der Waals surface area contributed by atoms with Gasteiger partial charge in [0.05, 0.1) is 25.1 Å². The first-order valence-corrected chi connectivity index (χ1v) is 12.3. The molecule has 184 valence electrons. The predicted molar refractivity (Wildman–Crippen MR) is 133 cm³/mol. The van der Waals surface area contributed by atoms with E-state index >= 15 is 0 Å². The standard InChI is InChI=1S/C24H25N3O7S/c1-26(2)35(29,30)25-7-8-27-23-15(6-5-14-9-21-22(10-16(14)23)34-13-33-21)17-11-19(31-3)20(32-4)12-18(17)24(27)28/h5-6,9-12,25H,7-8,13H2,1-4H3. The Balaban J connectivity index is 1.81. The summed E-state index contributed by atoms with van der Waals surface area (Å²) in [6.07, 6.45) is 0. The third-order valence-electron chi connectivity index (χ3n) is 6.14. The predicted octanol–water partition coefficient (Wildman–Crippen LogP) is 2.45. The molecule has 0 aliphatic carbocycles. The number of benzene rings is 3. The van der Waals surface area contributed by atoms with Crippen molar-refractivity contribution in [1.82, 2.24) is 13.6 Å². The second kappa shape index (κ2) is 8.59. The van der Waals surface area contributed by atoms with Crippen LogP contribution in [0, 0.1) is 0 Å². The molecule has 11 heteroatoms. The minimum atomic E-state index is -3.65. The number of pyridine rings is 1. The van der Waals surface area contributed by atoms with E-state index in [1.54, 1.807) is 23.8 Å². The molecule has 0 spiro atoms. The van der Waals surface area contributed by atoms with Gasteiger partial charge in [-0.1, -0.05) is 12.1 Å². The molecule has 0 unspecified atom stereocenters. The van der Waals surface area contributed by atoms with E-state index in [9.17, 15) is 13.2 Å². The molecule has 0 amide bonds. The van der Waals surface area contributed by atoms with E-state index in [2.05, 4.69) is 4.72 Å². The van der Waals surface area contributed by atoms with Gasteiger partial charge in [0.15, 0.2) is 23.0 Å². The molecule has 0 fully saturated rings. The van der Waals surface area contributed by atoms with Gasteiger partial charge in [-0.15, -0.1) is 0 Å². The topological polar surface area (TPSA) is 108 Å². The first-order valence-electron chi connectivity index (χ1n) is 10.9. The number of aromatic nitrogens is 1. The third-order valence-corrected chi connectivity index (χ3v) is 7.67. The number of hydrogen-bond donors (Lipinski definition) is 1. The van der Waals surface area contributed by atoms with Crippen molar-refractivity contribution >= 4 is 42.7 Å². The number of ether oxygens (including phenoxy) is 4. The molecule has 1 aromatic heterocycles. The van der Waals surface area contributed by atoms with Crippen molar-refractivity contribution in [3.63, 3.8) is 0 Å². The minimum absolute atomic E-state index is 0.0231. The first-order chi connectivity index (χ1) is 16.7. The Morgan fingerprint density at radius 2 is 1.60 bits per heavy atom. The molecule has 0 saturated carbocycles. The lowest BCUT2D eigenvalue weighted by Crippen LogP contribution is -2.38. The Hall–Kier alpha value is -3.54. The summed E-state index contributed by atoms with van der Waals surface area (Å²) < 4.78 is 51.7. The molecule has 5 rings (SSSR count). The average molecular weight is 500 g/mol. The lowest BCUT2D eigenvalue weighted by Gasteiger charge is -2.18. The Morgan fingerprint density at radius 1 is 0.943 bits per heavy atom. The van der Waals surface area contributed by atoms with E-state index in [1.807, 2.05) is 24.3 Å². The molecule has 2 heterocycles. The Labute approximate surface area is 201 Å². The van der Waals surface area contributed by atoms with Crippen LogP contribution in [0.1, 0.15) is 0 Å². The first kappa shape index (κ1) is 23.2. The fourth-order valence-corrected chi connectivity index (χ4v) is 4.97. The van der Waals surface area contributed by atoms with Crippen LogP contribution in [0.15, 0.2) is 41.2 Å². The summed E-state index contributed by atoms with van der Waals surface area (Å²) in [5.74, 6) is 2.16. The lowest BCUT2D eigenvalue weighted by molar-refractivity contribution is 0.174. The summed E-state index contributed by atoms with van der Waals surface area (Å²) in [6, 6.07) is 11.1. The molecular weight excluding hydrogens is 474 g/mol. The maximum absolute atomic E-state index is 13.8. The van der Waals surface area contributed by atoms with E-state index in [4.69, 9.17) is 18.9 Å². The van der Waals surface area contributed by atoms with Crippen LogP contribution >= 0.6 is 0 Å². The Kier molecular flexibility index (Phi) is 5.70. The molecule has 0 radical (unpaired) electrons. The number of rotatable bonds is 7. The van der Waals surface area contributed by atoms with Crippen LogP contribution in [0.4, 0.5) is 0 Å². The molecule has 10 nitrogen and oxygen atoms in total. The summed E-state index contributed by atoms with van der Waals surface area (Å²) in [7, 11) is 2.28. The quantitative estimate of drug-likeness (QED) is 0.389. The van der Waals surface area contributed by atoms with Crippen molar-refractivity contribution in [2.45, 2.75) is 6.54 Å². The van der Waals surface area contributed by atoms with Crippen LogP contribution in [-0.2, 0) is 16.8 Å². The molecule has 0 bridgehead atoms. The highest BCUT2D eigenvalue weighted by molar-refractivity contribution is 7.87. The highest BCUT2D eigenvalue weighted by Gasteiger charge is 2.21. The van der Waals surface area contributed by atoms with Crippen LogP contribution in [0.3, 0.4) is 0 Å². The fraction of sp³-hybridized carbons (Fsp3) is 0.292. The largest absolute Gasteiger partial charge is 0.493 e. The van der Waals surface area contributed by atoms with Crippen LogP contribution < -0.4 is 29.2 Å². The summed E-state index contributed by atoms with van der Waals surface area (Å²) >= 11 is 0. The van der Waals surface area contributed by atoms with Crippen molar-refractivity contribution in [3.05, 3.63) is 46.8 Å². The fourth-order valence-electron chi connectivity index (χ4n) is 4.36. The number of nitrogens with zero attached hydrogens (tertiary/aromatic N) is 2. The van der Waals surface area contributed by atoms with Gasteiger partial charge < -0.3 is 23.5 Å². The van der Waals surface area contributed by atoms with E-state index in [-0.39, 0.29) is 25.4 Å². The lowest BCUT2D eigenvalue weighted by atomic mass is 10.00. The highest BCUT2D eigenvalue weighted by Crippen LogP contribution is 2.40. The van der Waals surface area contributed by atoms with Gasteiger partial charge in [0.2, 0.25) is 6.79 Å². The monoisotopic (exact) mass is 499 g/mol. The second-order valence-corrected chi connectivity index (χ2v) is 10.2. The number of hydrogen-bond acceptors (Lipinski definition) is 7. The second-order valence-electron chi connectivity index (χ2n) is 8.28. The minimum Gasteiger partial charge on any atom is -0.493 e. The SMILES string of the molecule is COc1cc2c(=O)n(CCNS(=O)(=O)N(C)C)c3c4cc5c(cc4ccc3c2cc1OC)OCO5. The summed E-state index contributed by atoms with van der Waals surface area (Å²) in [4.78, 5) is 13.8. The molecule has 0 saturated heterocycles. The van der Waals surface area contributed by atoms with Crippen molar-refractivity contribution in [3.8, 4) is 23.0 Å². The molecule has 35 heavy (non-hydrogen) atoms. The molecule has 1 aliphatic heterocycles. The average Bonchev–Trinajstić information content (AvgIpc) is 3.30. The van der Waals surface area contributed by atoms with Crippen molar-refractivity contribution < 1.29 is 27.4 Å². The van der Waals surface area contributed by atoms with Gasteiger partial charge >= 0.3 is 0 Å². The zero-order valence-corrected chi connectivity index (χ0v) is 20.6. The van der Waals surface area contributed by atoms with Gasteiger partial charge in [0.1, 0.15) is 0 Å². The Morgan fingerprint density at radius 3 is 2.26 bits per heavy atom. The molecule has 4 aromatic rings. The van der Waals surface area contributed by atoms with E-state index in [0.717, 1.165) is 20.5 Å².